The van der Waals surface area contributed by atoms with Gasteiger partial charge in [-0.3, -0.25) is 0 Å². The number of benzene rings is 1. The highest BCUT2D eigenvalue weighted by Crippen LogP contribution is 2.42. The summed E-state index contributed by atoms with van der Waals surface area (Å²) in [6, 6.07) is 7.79. The summed E-state index contributed by atoms with van der Waals surface area (Å²) in [5, 5.41) is 3.96. The average molecular weight is 328 g/mol. The Hall–Kier alpha value is -0.520. The minimum Gasteiger partial charge on any atom is -0.316 e. The monoisotopic (exact) mass is 327 g/mol. The van der Waals surface area contributed by atoms with Crippen LogP contribution in [-0.4, -0.2) is 33.0 Å². The van der Waals surface area contributed by atoms with Crippen LogP contribution in [0.1, 0.15) is 33.1 Å². The summed E-state index contributed by atoms with van der Waals surface area (Å²) < 4.78 is 23.0. The molecule has 21 heavy (non-hydrogen) atoms. The zero-order chi connectivity index (χ0) is 15.7. The summed E-state index contributed by atoms with van der Waals surface area (Å²) in [6.07, 6.45) is 4.87. The molecule has 1 aliphatic rings. The molecule has 0 spiro atoms. The molecule has 1 aliphatic carbocycles. The Morgan fingerprint density at radius 2 is 1.86 bits per heavy atom. The Morgan fingerprint density at radius 3 is 2.38 bits per heavy atom. The van der Waals surface area contributed by atoms with Gasteiger partial charge in [-0.1, -0.05) is 13.8 Å². The van der Waals surface area contributed by atoms with Crippen LogP contribution in [0, 0.1) is 5.41 Å². The Labute approximate surface area is 132 Å². The number of sulfone groups is 1. The fourth-order valence-corrected chi connectivity index (χ4v) is 5.16. The highest BCUT2D eigenvalue weighted by molar-refractivity contribution is 8.00. The number of nitrogens with one attached hydrogen (secondary N) is 1. The number of thioether (sulfide) groups is 1. The lowest BCUT2D eigenvalue weighted by atomic mass is 9.75. The van der Waals surface area contributed by atoms with Crippen molar-refractivity contribution in [2.75, 3.05) is 13.3 Å². The maximum Gasteiger partial charge on any atom is 0.175 e. The molecule has 0 bridgehead atoms. The van der Waals surface area contributed by atoms with E-state index in [0.717, 1.165) is 4.90 Å². The summed E-state index contributed by atoms with van der Waals surface area (Å²) in [7, 11) is -1.08. The van der Waals surface area contributed by atoms with Gasteiger partial charge in [0.1, 0.15) is 0 Å². The van der Waals surface area contributed by atoms with Gasteiger partial charge in [0.25, 0.3) is 0 Å². The van der Waals surface area contributed by atoms with Crippen molar-refractivity contribution >= 4 is 21.6 Å². The topological polar surface area (TPSA) is 46.2 Å². The summed E-state index contributed by atoms with van der Waals surface area (Å²) in [5.74, 6) is 0. The second kappa shape index (κ2) is 6.31. The number of hydrogen-bond acceptors (Lipinski definition) is 4. The molecule has 2 rings (SSSR count). The fourth-order valence-electron chi connectivity index (χ4n) is 2.92. The van der Waals surface area contributed by atoms with Crippen LogP contribution in [0.3, 0.4) is 0 Å². The van der Waals surface area contributed by atoms with Gasteiger partial charge in [-0.05, 0) is 56.0 Å². The van der Waals surface area contributed by atoms with Crippen molar-refractivity contribution in [3.63, 3.8) is 0 Å². The molecule has 2 unspecified atom stereocenters. The van der Waals surface area contributed by atoms with E-state index < -0.39 is 9.84 Å². The van der Waals surface area contributed by atoms with E-state index in [1.807, 2.05) is 30.9 Å². The first-order valence-corrected chi connectivity index (χ1v) is 10.1. The van der Waals surface area contributed by atoms with Crippen LogP contribution < -0.4 is 5.32 Å². The zero-order valence-corrected chi connectivity index (χ0v) is 14.9. The van der Waals surface area contributed by atoms with Crippen molar-refractivity contribution in [3.05, 3.63) is 24.3 Å². The van der Waals surface area contributed by atoms with Gasteiger partial charge in [0.2, 0.25) is 0 Å². The normalized spacial score (nSPS) is 25.7. The Balaban J connectivity index is 2.12. The quantitative estimate of drug-likeness (QED) is 0.921. The smallest absolute Gasteiger partial charge is 0.175 e. The maximum atomic E-state index is 11.5. The van der Waals surface area contributed by atoms with Crippen molar-refractivity contribution in [2.45, 2.75) is 54.2 Å². The third kappa shape index (κ3) is 4.47. The maximum absolute atomic E-state index is 11.5. The number of rotatable bonds is 4. The van der Waals surface area contributed by atoms with E-state index in [9.17, 15) is 8.42 Å². The van der Waals surface area contributed by atoms with E-state index in [0.29, 0.717) is 21.6 Å². The van der Waals surface area contributed by atoms with Gasteiger partial charge in [0, 0.05) is 22.4 Å². The molecule has 0 heterocycles. The molecule has 1 aromatic carbocycles. The lowest BCUT2D eigenvalue weighted by Gasteiger charge is -2.40. The molecule has 3 nitrogen and oxygen atoms in total. The van der Waals surface area contributed by atoms with E-state index in [1.165, 1.54) is 25.5 Å². The molecule has 1 fully saturated rings. The summed E-state index contributed by atoms with van der Waals surface area (Å²) in [6.45, 7) is 4.67. The lowest BCUT2D eigenvalue weighted by molar-refractivity contribution is 0.218. The minimum absolute atomic E-state index is 0.387. The van der Waals surface area contributed by atoms with E-state index in [-0.39, 0.29) is 0 Å². The van der Waals surface area contributed by atoms with Crippen LogP contribution in [0.15, 0.2) is 34.1 Å². The molecule has 0 amide bonds. The molecule has 0 aromatic heterocycles. The van der Waals surface area contributed by atoms with Crippen molar-refractivity contribution in [3.8, 4) is 0 Å². The van der Waals surface area contributed by atoms with Crippen molar-refractivity contribution in [1.29, 1.82) is 0 Å². The standard InChI is InChI=1S/C16H25NO2S2/c1-16(2)10-9-14(17-3)15(11-16)20-12-5-7-13(8-6-12)21(4,18)19/h5-8,14-15,17H,9-11H2,1-4H3. The van der Waals surface area contributed by atoms with Gasteiger partial charge in [-0.2, -0.15) is 0 Å². The zero-order valence-electron chi connectivity index (χ0n) is 13.2. The first-order chi connectivity index (χ1) is 9.71. The predicted octanol–water partition coefficient (Wildman–Crippen LogP) is 3.35. The van der Waals surface area contributed by atoms with Crippen LogP contribution >= 0.6 is 11.8 Å². The highest BCUT2D eigenvalue weighted by atomic mass is 32.2. The van der Waals surface area contributed by atoms with E-state index in [4.69, 9.17) is 0 Å². The summed E-state index contributed by atoms with van der Waals surface area (Å²) in [4.78, 5) is 1.53. The van der Waals surface area contributed by atoms with Gasteiger partial charge in [-0.15, -0.1) is 11.8 Å². The van der Waals surface area contributed by atoms with Gasteiger partial charge >= 0.3 is 0 Å². The van der Waals surface area contributed by atoms with Crippen LogP contribution in [0.2, 0.25) is 0 Å². The van der Waals surface area contributed by atoms with Crippen LogP contribution in [0.4, 0.5) is 0 Å². The second-order valence-electron chi connectivity index (χ2n) is 6.70. The van der Waals surface area contributed by atoms with Gasteiger partial charge in [0.05, 0.1) is 4.90 Å². The molecule has 1 aromatic rings. The second-order valence-corrected chi connectivity index (χ2v) is 10.0. The Morgan fingerprint density at radius 1 is 1.24 bits per heavy atom. The van der Waals surface area contributed by atoms with Crippen molar-refractivity contribution in [1.82, 2.24) is 5.32 Å². The summed E-state index contributed by atoms with van der Waals surface area (Å²) in [5.41, 5.74) is 0.387. The van der Waals surface area contributed by atoms with Crippen molar-refractivity contribution < 1.29 is 8.42 Å². The highest BCUT2D eigenvalue weighted by Gasteiger charge is 2.34. The van der Waals surface area contributed by atoms with Crippen LogP contribution in [-0.2, 0) is 9.84 Å². The molecule has 1 saturated carbocycles. The van der Waals surface area contributed by atoms with Gasteiger partial charge in [-0.25, -0.2) is 8.42 Å². The number of hydrogen-bond donors (Lipinski definition) is 1. The molecule has 2 atom stereocenters. The molecular weight excluding hydrogens is 302 g/mol. The van der Waals surface area contributed by atoms with Gasteiger partial charge < -0.3 is 5.32 Å². The average Bonchev–Trinajstić information content (AvgIpc) is 2.37. The Kier molecular flexibility index (Phi) is 5.06. The van der Waals surface area contributed by atoms with E-state index >= 15 is 0 Å². The lowest BCUT2D eigenvalue weighted by Crippen LogP contribution is -2.43. The van der Waals surface area contributed by atoms with Crippen molar-refractivity contribution in [2.24, 2.45) is 5.41 Å². The minimum atomic E-state index is -3.11. The largest absolute Gasteiger partial charge is 0.316 e. The predicted molar refractivity (Wildman–Crippen MR) is 89.7 cm³/mol. The first kappa shape index (κ1) is 16.8. The molecule has 5 heteroatoms. The summed E-state index contributed by atoms with van der Waals surface area (Å²) >= 11 is 1.86. The third-order valence-electron chi connectivity index (χ3n) is 4.24. The molecule has 118 valence electrons. The molecule has 0 saturated heterocycles. The SMILES string of the molecule is CNC1CCC(C)(C)CC1Sc1ccc(S(C)(=O)=O)cc1. The fraction of sp³-hybridized carbons (Fsp3) is 0.625. The van der Waals surface area contributed by atoms with Gasteiger partial charge in [0.15, 0.2) is 9.84 Å². The van der Waals surface area contributed by atoms with E-state index in [1.54, 1.807) is 12.1 Å². The van der Waals surface area contributed by atoms with Crippen LogP contribution in [0.5, 0.6) is 0 Å². The Bertz CT molecular complexity index is 579. The van der Waals surface area contributed by atoms with E-state index in [2.05, 4.69) is 19.2 Å². The van der Waals surface area contributed by atoms with Crippen LogP contribution in [0.25, 0.3) is 0 Å². The molecule has 0 aliphatic heterocycles. The molecular formula is C16H25NO2S2. The molecule has 1 N–H and O–H groups in total. The third-order valence-corrected chi connectivity index (χ3v) is 6.72. The first-order valence-electron chi connectivity index (χ1n) is 7.35. The molecule has 0 radical (unpaired) electrons.